The molecule has 1 saturated heterocycles. The molecule has 7 heteroatoms. The molecule has 1 aromatic rings. The van der Waals surface area contributed by atoms with Crippen molar-refractivity contribution < 1.29 is 14.4 Å². The van der Waals surface area contributed by atoms with E-state index in [0.717, 1.165) is 0 Å². The highest BCUT2D eigenvalue weighted by Gasteiger charge is 2.24. The molecule has 1 aromatic carbocycles. The molecule has 1 heterocycles. The van der Waals surface area contributed by atoms with Crippen molar-refractivity contribution in [3.63, 3.8) is 0 Å². The molecule has 4 amide bonds. The number of rotatable bonds is 5. The van der Waals surface area contributed by atoms with E-state index < -0.39 is 6.03 Å². The van der Waals surface area contributed by atoms with E-state index in [4.69, 9.17) is 0 Å². The van der Waals surface area contributed by atoms with Gasteiger partial charge in [0.05, 0.1) is 6.54 Å². The Labute approximate surface area is 148 Å². The Morgan fingerprint density at radius 2 is 1.72 bits per heavy atom. The van der Waals surface area contributed by atoms with Crippen molar-refractivity contribution in [2.75, 3.05) is 39.8 Å². The summed E-state index contributed by atoms with van der Waals surface area (Å²) in [4.78, 5) is 39.1. The van der Waals surface area contributed by atoms with E-state index in [9.17, 15) is 14.4 Å². The predicted molar refractivity (Wildman–Crippen MR) is 95.1 cm³/mol. The maximum atomic E-state index is 12.5. The number of carbonyl (C=O) groups is 3. The third-order valence-electron chi connectivity index (χ3n) is 4.42. The molecule has 1 aliphatic heterocycles. The Hall–Kier alpha value is -2.41. The minimum Gasteiger partial charge on any atom is -0.341 e. The molecule has 0 aliphatic carbocycles. The van der Waals surface area contributed by atoms with Gasteiger partial charge in [-0.05, 0) is 11.5 Å². The number of carbonyl (C=O) groups excluding carboxylic acids is 3. The van der Waals surface area contributed by atoms with Crippen LogP contribution in [-0.4, -0.2) is 67.4 Å². The van der Waals surface area contributed by atoms with Gasteiger partial charge in [0.15, 0.2) is 0 Å². The Kier molecular flexibility index (Phi) is 6.94. The molecule has 7 nitrogen and oxygen atoms in total. The molecule has 2 rings (SSSR count). The van der Waals surface area contributed by atoms with Gasteiger partial charge in [-0.3, -0.25) is 19.8 Å². The summed E-state index contributed by atoms with van der Waals surface area (Å²) in [7, 11) is 1.46. The van der Waals surface area contributed by atoms with Crippen molar-refractivity contribution in [1.29, 1.82) is 0 Å². The third-order valence-corrected chi connectivity index (χ3v) is 4.42. The lowest BCUT2D eigenvalue weighted by Crippen LogP contribution is -2.52. The standard InChI is InChI=1S/C18H26N4O3/c1-14(15-6-4-3-5-7-15)12-17(24)22-10-8-21(9-11-22)13-16(23)20-18(25)19-2/h3-7,14H,8-13H2,1-2H3,(H2,19,20,23,25). The first kappa shape index (κ1) is 18.9. The van der Waals surface area contributed by atoms with Gasteiger partial charge in [-0.1, -0.05) is 37.3 Å². The number of nitrogens with one attached hydrogen (secondary N) is 2. The largest absolute Gasteiger partial charge is 0.341 e. The molecule has 1 unspecified atom stereocenters. The van der Waals surface area contributed by atoms with E-state index in [1.165, 1.54) is 12.6 Å². The number of hydrogen-bond acceptors (Lipinski definition) is 4. The summed E-state index contributed by atoms with van der Waals surface area (Å²) in [5.74, 6) is -0.00675. The first-order valence-electron chi connectivity index (χ1n) is 8.56. The fraction of sp³-hybridized carbons (Fsp3) is 0.500. The second-order valence-electron chi connectivity index (χ2n) is 6.30. The fourth-order valence-corrected chi connectivity index (χ4v) is 2.88. The molecular weight excluding hydrogens is 320 g/mol. The van der Waals surface area contributed by atoms with Crippen molar-refractivity contribution >= 4 is 17.8 Å². The molecule has 0 saturated carbocycles. The van der Waals surface area contributed by atoms with Crippen LogP contribution in [0, 0.1) is 0 Å². The SMILES string of the molecule is CNC(=O)NC(=O)CN1CCN(C(=O)CC(C)c2ccccc2)CC1. The molecule has 0 radical (unpaired) electrons. The molecule has 1 atom stereocenters. The number of piperazine rings is 1. The van der Waals surface area contributed by atoms with Gasteiger partial charge < -0.3 is 10.2 Å². The quantitative estimate of drug-likeness (QED) is 0.825. The Bertz CT molecular complexity index is 598. The molecule has 0 aromatic heterocycles. The lowest BCUT2D eigenvalue weighted by molar-refractivity contribution is -0.133. The van der Waals surface area contributed by atoms with E-state index in [2.05, 4.69) is 17.6 Å². The highest BCUT2D eigenvalue weighted by atomic mass is 16.2. The lowest BCUT2D eigenvalue weighted by atomic mass is 9.97. The second kappa shape index (κ2) is 9.17. The van der Waals surface area contributed by atoms with Gasteiger partial charge in [0, 0.05) is 39.6 Å². The van der Waals surface area contributed by atoms with Crippen molar-refractivity contribution in [1.82, 2.24) is 20.4 Å². The average molecular weight is 346 g/mol. The van der Waals surface area contributed by atoms with Gasteiger partial charge in [0.1, 0.15) is 0 Å². The number of benzene rings is 1. The van der Waals surface area contributed by atoms with Gasteiger partial charge in [-0.25, -0.2) is 4.79 Å². The number of nitrogens with zero attached hydrogens (tertiary/aromatic N) is 2. The molecule has 136 valence electrons. The zero-order chi connectivity index (χ0) is 18.2. The summed E-state index contributed by atoms with van der Waals surface area (Å²) in [5, 5.41) is 4.59. The zero-order valence-corrected chi connectivity index (χ0v) is 14.8. The molecule has 1 fully saturated rings. The van der Waals surface area contributed by atoms with E-state index in [1.807, 2.05) is 40.1 Å². The van der Waals surface area contributed by atoms with Crippen LogP contribution in [-0.2, 0) is 9.59 Å². The smallest absolute Gasteiger partial charge is 0.321 e. The molecule has 0 bridgehead atoms. The first-order chi connectivity index (χ1) is 12.0. The van der Waals surface area contributed by atoms with Gasteiger partial charge >= 0.3 is 6.03 Å². The maximum Gasteiger partial charge on any atom is 0.321 e. The molecular formula is C18H26N4O3. The number of amides is 4. The number of imide groups is 1. The lowest BCUT2D eigenvalue weighted by Gasteiger charge is -2.34. The van der Waals surface area contributed by atoms with Crippen molar-refractivity contribution in [2.24, 2.45) is 0 Å². The van der Waals surface area contributed by atoms with E-state index in [-0.39, 0.29) is 24.3 Å². The Balaban J connectivity index is 1.75. The average Bonchev–Trinajstić information content (AvgIpc) is 2.62. The summed E-state index contributed by atoms with van der Waals surface area (Å²) in [5.41, 5.74) is 1.17. The number of urea groups is 1. The van der Waals surface area contributed by atoms with Gasteiger partial charge in [0.25, 0.3) is 0 Å². The van der Waals surface area contributed by atoms with E-state index in [0.29, 0.717) is 32.6 Å². The second-order valence-corrected chi connectivity index (χ2v) is 6.30. The minimum absolute atomic E-state index is 0.144. The van der Waals surface area contributed by atoms with Crippen LogP contribution < -0.4 is 10.6 Å². The summed E-state index contributed by atoms with van der Waals surface area (Å²) >= 11 is 0. The highest BCUT2D eigenvalue weighted by molar-refractivity contribution is 5.95. The Morgan fingerprint density at radius 3 is 2.32 bits per heavy atom. The van der Waals surface area contributed by atoms with Crippen molar-refractivity contribution in [3.05, 3.63) is 35.9 Å². The van der Waals surface area contributed by atoms with Crippen LogP contribution in [0.25, 0.3) is 0 Å². The van der Waals surface area contributed by atoms with Crippen LogP contribution >= 0.6 is 0 Å². The van der Waals surface area contributed by atoms with E-state index in [1.54, 1.807) is 0 Å². The van der Waals surface area contributed by atoms with Crippen molar-refractivity contribution in [3.8, 4) is 0 Å². The van der Waals surface area contributed by atoms with Crippen LogP contribution in [0.5, 0.6) is 0 Å². The number of hydrogen-bond donors (Lipinski definition) is 2. The topological polar surface area (TPSA) is 81.8 Å². The van der Waals surface area contributed by atoms with E-state index >= 15 is 0 Å². The first-order valence-corrected chi connectivity index (χ1v) is 8.56. The fourth-order valence-electron chi connectivity index (χ4n) is 2.88. The molecule has 2 N–H and O–H groups in total. The van der Waals surface area contributed by atoms with Crippen LogP contribution in [0.1, 0.15) is 24.8 Å². The summed E-state index contributed by atoms with van der Waals surface area (Å²) in [6.45, 7) is 4.70. The highest BCUT2D eigenvalue weighted by Crippen LogP contribution is 2.20. The van der Waals surface area contributed by atoms with Crippen molar-refractivity contribution in [2.45, 2.75) is 19.3 Å². The minimum atomic E-state index is -0.506. The van der Waals surface area contributed by atoms with Gasteiger partial charge in [0.2, 0.25) is 11.8 Å². The van der Waals surface area contributed by atoms with Crippen LogP contribution in [0.15, 0.2) is 30.3 Å². The van der Waals surface area contributed by atoms with Crippen LogP contribution in [0.4, 0.5) is 4.79 Å². The molecule has 25 heavy (non-hydrogen) atoms. The zero-order valence-electron chi connectivity index (χ0n) is 14.8. The normalized spacial score (nSPS) is 16.2. The Morgan fingerprint density at radius 1 is 1.08 bits per heavy atom. The predicted octanol–water partition coefficient (Wildman–Crippen LogP) is 0.780. The molecule has 1 aliphatic rings. The summed E-state index contributed by atoms with van der Waals surface area (Å²) < 4.78 is 0. The van der Waals surface area contributed by atoms with Gasteiger partial charge in [-0.15, -0.1) is 0 Å². The van der Waals surface area contributed by atoms with Crippen LogP contribution in [0.2, 0.25) is 0 Å². The van der Waals surface area contributed by atoms with Gasteiger partial charge in [-0.2, -0.15) is 0 Å². The third kappa shape index (κ3) is 5.86. The summed E-state index contributed by atoms with van der Waals surface area (Å²) in [6, 6.07) is 9.52. The summed E-state index contributed by atoms with van der Waals surface area (Å²) in [6.07, 6.45) is 0.487. The molecule has 0 spiro atoms. The monoisotopic (exact) mass is 346 g/mol. The van der Waals surface area contributed by atoms with Crippen LogP contribution in [0.3, 0.4) is 0 Å². The maximum absolute atomic E-state index is 12.5.